The van der Waals surface area contributed by atoms with E-state index in [0.717, 1.165) is 18.4 Å². The third-order valence-corrected chi connectivity index (χ3v) is 3.14. The first-order valence-electron chi connectivity index (χ1n) is 6.41. The summed E-state index contributed by atoms with van der Waals surface area (Å²) in [4.78, 5) is 12.1. The lowest BCUT2D eigenvalue weighted by molar-refractivity contribution is 0.0955. The molecule has 1 aromatic carbocycles. The van der Waals surface area contributed by atoms with Crippen molar-refractivity contribution >= 4 is 21.6 Å². The SMILES string of the molecule is CCNCCNC(=O)c1cc(C)ccc1NS(C)(=O)=O. The van der Waals surface area contributed by atoms with Crippen LogP contribution >= 0.6 is 0 Å². The molecule has 0 saturated heterocycles. The maximum atomic E-state index is 12.1. The molecular formula is C13H21N3O3S. The van der Waals surface area contributed by atoms with Crippen LogP contribution in [0.4, 0.5) is 5.69 Å². The highest BCUT2D eigenvalue weighted by atomic mass is 32.2. The average Bonchev–Trinajstić information content (AvgIpc) is 2.35. The summed E-state index contributed by atoms with van der Waals surface area (Å²) < 4.78 is 25.0. The Morgan fingerprint density at radius 2 is 1.95 bits per heavy atom. The van der Waals surface area contributed by atoms with Crippen LogP contribution in [0.15, 0.2) is 18.2 Å². The van der Waals surface area contributed by atoms with Crippen molar-refractivity contribution in [3.8, 4) is 0 Å². The van der Waals surface area contributed by atoms with Crippen LogP contribution in [0.25, 0.3) is 0 Å². The standard InChI is InChI=1S/C13H21N3O3S/c1-4-14-7-8-15-13(17)11-9-10(2)5-6-12(11)16-20(3,18)19/h5-6,9,14,16H,4,7-8H2,1-3H3,(H,15,17). The van der Waals surface area contributed by atoms with Gasteiger partial charge in [-0.15, -0.1) is 0 Å². The monoisotopic (exact) mass is 299 g/mol. The van der Waals surface area contributed by atoms with Crippen molar-refractivity contribution in [1.82, 2.24) is 10.6 Å². The molecule has 0 bridgehead atoms. The van der Waals surface area contributed by atoms with Gasteiger partial charge in [-0.25, -0.2) is 8.42 Å². The summed E-state index contributed by atoms with van der Waals surface area (Å²) in [5.74, 6) is -0.294. The number of rotatable bonds is 7. The lowest BCUT2D eigenvalue weighted by Crippen LogP contribution is -2.32. The lowest BCUT2D eigenvalue weighted by atomic mass is 10.1. The molecule has 0 aromatic heterocycles. The summed E-state index contributed by atoms with van der Waals surface area (Å²) in [6.07, 6.45) is 1.06. The molecule has 0 unspecified atom stereocenters. The van der Waals surface area contributed by atoms with Gasteiger partial charge in [0.15, 0.2) is 0 Å². The zero-order chi connectivity index (χ0) is 15.2. The predicted molar refractivity (Wildman–Crippen MR) is 80.5 cm³/mol. The van der Waals surface area contributed by atoms with Crippen LogP contribution < -0.4 is 15.4 Å². The predicted octanol–water partition coefficient (Wildman–Crippen LogP) is 0.706. The molecule has 20 heavy (non-hydrogen) atoms. The Bertz CT molecular complexity index is 570. The number of hydrogen-bond donors (Lipinski definition) is 3. The fourth-order valence-electron chi connectivity index (χ4n) is 1.67. The van der Waals surface area contributed by atoms with Crippen LogP contribution in [0.1, 0.15) is 22.8 Å². The second-order valence-electron chi connectivity index (χ2n) is 4.53. The summed E-state index contributed by atoms with van der Waals surface area (Å²) in [7, 11) is -3.42. The van der Waals surface area contributed by atoms with Gasteiger partial charge in [-0.05, 0) is 25.6 Å². The molecule has 3 N–H and O–H groups in total. The molecule has 0 aliphatic heterocycles. The zero-order valence-electron chi connectivity index (χ0n) is 12.0. The topological polar surface area (TPSA) is 87.3 Å². The molecule has 0 radical (unpaired) electrons. The molecule has 0 heterocycles. The Hall–Kier alpha value is -1.60. The van der Waals surface area contributed by atoms with Gasteiger partial charge in [0.2, 0.25) is 10.0 Å². The van der Waals surface area contributed by atoms with Crippen molar-refractivity contribution in [2.24, 2.45) is 0 Å². The summed E-state index contributed by atoms with van der Waals surface area (Å²) >= 11 is 0. The van der Waals surface area contributed by atoms with Gasteiger partial charge >= 0.3 is 0 Å². The van der Waals surface area contributed by atoms with E-state index in [0.29, 0.717) is 24.3 Å². The van der Waals surface area contributed by atoms with E-state index in [4.69, 9.17) is 0 Å². The Morgan fingerprint density at radius 3 is 2.55 bits per heavy atom. The van der Waals surface area contributed by atoms with Gasteiger partial charge < -0.3 is 10.6 Å². The first-order chi connectivity index (χ1) is 9.33. The second-order valence-corrected chi connectivity index (χ2v) is 6.28. The first-order valence-corrected chi connectivity index (χ1v) is 8.30. The Labute approximate surface area is 120 Å². The van der Waals surface area contributed by atoms with Crippen molar-refractivity contribution in [2.45, 2.75) is 13.8 Å². The molecule has 1 amide bonds. The van der Waals surface area contributed by atoms with Gasteiger partial charge in [-0.2, -0.15) is 0 Å². The number of aryl methyl sites for hydroxylation is 1. The Balaban J connectivity index is 2.86. The molecule has 7 heteroatoms. The number of nitrogens with one attached hydrogen (secondary N) is 3. The highest BCUT2D eigenvalue weighted by Gasteiger charge is 2.14. The fraction of sp³-hybridized carbons (Fsp3) is 0.462. The molecule has 0 atom stereocenters. The fourth-order valence-corrected chi connectivity index (χ4v) is 2.25. The number of carbonyl (C=O) groups excluding carboxylic acids is 1. The van der Waals surface area contributed by atoms with E-state index in [1.54, 1.807) is 18.2 Å². The van der Waals surface area contributed by atoms with Crippen molar-refractivity contribution < 1.29 is 13.2 Å². The summed E-state index contributed by atoms with van der Waals surface area (Å²) in [5, 5.41) is 5.84. The van der Waals surface area contributed by atoms with E-state index in [9.17, 15) is 13.2 Å². The van der Waals surface area contributed by atoms with E-state index in [1.807, 2.05) is 13.8 Å². The number of sulfonamides is 1. The number of hydrogen-bond acceptors (Lipinski definition) is 4. The Morgan fingerprint density at radius 1 is 1.25 bits per heavy atom. The van der Waals surface area contributed by atoms with Gasteiger partial charge in [-0.1, -0.05) is 18.6 Å². The van der Waals surface area contributed by atoms with Crippen LogP contribution in [0.5, 0.6) is 0 Å². The molecule has 0 aliphatic rings. The van der Waals surface area contributed by atoms with Crippen LogP contribution in [0, 0.1) is 6.92 Å². The molecule has 0 fully saturated rings. The molecule has 6 nitrogen and oxygen atoms in total. The molecule has 112 valence electrons. The Kier molecular flexibility index (Phi) is 5.97. The smallest absolute Gasteiger partial charge is 0.253 e. The van der Waals surface area contributed by atoms with Crippen LogP contribution in [-0.4, -0.2) is 40.2 Å². The quantitative estimate of drug-likeness (QED) is 0.647. The third-order valence-electron chi connectivity index (χ3n) is 2.55. The molecule has 1 aromatic rings. The van der Waals surface area contributed by atoms with Crippen LogP contribution in [-0.2, 0) is 10.0 Å². The normalized spacial score (nSPS) is 11.2. The van der Waals surface area contributed by atoms with Crippen molar-refractivity contribution in [3.05, 3.63) is 29.3 Å². The summed E-state index contributed by atoms with van der Waals surface area (Å²) in [6.45, 7) is 5.82. The maximum Gasteiger partial charge on any atom is 0.253 e. The maximum absolute atomic E-state index is 12.1. The first kappa shape index (κ1) is 16.5. The molecule has 0 spiro atoms. The number of amides is 1. The van der Waals surface area contributed by atoms with Crippen LogP contribution in [0.3, 0.4) is 0 Å². The van der Waals surface area contributed by atoms with Gasteiger partial charge in [-0.3, -0.25) is 9.52 Å². The van der Waals surface area contributed by atoms with Crippen molar-refractivity contribution in [2.75, 3.05) is 30.6 Å². The number of likely N-dealkylation sites (N-methyl/N-ethyl adjacent to an activating group) is 1. The largest absolute Gasteiger partial charge is 0.351 e. The second kappa shape index (κ2) is 7.25. The minimum Gasteiger partial charge on any atom is -0.351 e. The lowest BCUT2D eigenvalue weighted by Gasteiger charge is -2.12. The van der Waals surface area contributed by atoms with Gasteiger partial charge in [0.05, 0.1) is 17.5 Å². The van der Waals surface area contributed by atoms with Crippen molar-refractivity contribution in [1.29, 1.82) is 0 Å². The highest BCUT2D eigenvalue weighted by molar-refractivity contribution is 7.92. The number of benzene rings is 1. The average molecular weight is 299 g/mol. The number of anilines is 1. The minimum atomic E-state index is -3.42. The molecule has 0 aliphatic carbocycles. The molecular weight excluding hydrogens is 278 g/mol. The van der Waals surface area contributed by atoms with E-state index >= 15 is 0 Å². The van der Waals surface area contributed by atoms with Crippen molar-refractivity contribution in [3.63, 3.8) is 0 Å². The minimum absolute atomic E-state index is 0.291. The van der Waals surface area contributed by atoms with E-state index < -0.39 is 10.0 Å². The van der Waals surface area contributed by atoms with E-state index in [2.05, 4.69) is 15.4 Å². The third kappa shape index (κ3) is 5.58. The summed E-state index contributed by atoms with van der Waals surface area (Å²) in [5.41, 5.74) is 1.51. The van der Waals surface area contributed by atoms with Gasteiger partial charge in [0, 0.05) is 13.1 Å². The van der Waals surface area contributed by atoms with Gasteiger partial charge in [0.1, 0.15) is 0 Å². The van der Waals surface area contributed by atoms with Crippen LogP contribution in [0.2, 0.25) is 0 Å². The summed E-state index contributed by atoms with van der Waals surface area (Å²) in [6, 6.07) is 5.01. The van der Waals surface area contributed by atoms with Gasteiger partial charge in [0.25, 0.3) is 5.91 Å². The molecule has 0 saturated carbocycles. The van der Waals surface area contributed by atoms with E-state index in [1.165, 1.54) is 0 Å². The highest BCUT2D eigenvalue weighted by Crippen LogP contribution is 2.18. The van der Waals surface area contributed by atoms with E-state index in [-0.39, 0.29) is 5.91 Å². The molecule has 1 rings (SSSR count). The number of carbonyl (C=O) groups is 1. The zero-order valence-corrected chi connectivity index (χ0v) is 12.8.